The highest BCUT2D eigenvalue weighted by atomic mass is 32.2. The van der Waals surface area contributed by atoms with Crippen LogP contribution in [0.1, 0.15) is 29.9 Å². The van der Waals surface area contributed by atoms with Gasteiger partial charge in [0.2, 0.25) is 5.89 Å². The second-order valence-corrected chi connectivity index (χ2v) is 7.35. The number of aromatic nitrogens is 2. The molecule has 0 aliphatic carbocycles. The number of hydrogen-bond acceptors (Lipinski definition) is 8. The van der Waals surface area contributed by atoms with E-state index in [9.17, 15) is 8.42 Å². The summed E-state index contributed by atoms with van der Waals surface area (Å²) in [5, 5.41) is 2.96. The molecule has 2 unspecified atom stereocenters. The molecular weight excluding hydrogens is 284 g/mol. The van der Waals surface area contributed by atoms with Crippen LogP contribution in [0.25, 0.3) is 0 Å². The fourth-order valence-electron chi connectivity index (χ4n) is 1.89. The van der Waals surface area contributed by atoms with Crippen molar-refractivity contribution in [2.24, 2.45) is 5.73 Å². The predicted molar refractivity (Wildman–Crippen MR) is 71.7 cm³/mol. The molecule has 2 heterocycles. The third-order valence-electron chi connectivity index (χ3n) is 3.34. The standard InChI is InChI=1S/C11H20N4O4S/c1-8(20(2,16)17)11-13-10(14-19-11)9(12)7-15-3-5-18-6-4-15/h8-9H,3-7,12H2,1-2H3. The predicted octanol–water partition coefficient (Wildman–Crippen LogP) is -0.493. The molecule has 9 heteroatoms. The maximum Gasteiger partial charge on any atom is 0.244 e. The molecule has 1 aliphatic heterocycles. The van der Waals surface area contributed by atoms with Gasteiger partial charge in [-0.15, -0.1) is 0 Å². The molecular formula is C11H20N4O4S. The third-order valence-corrected chi connectivity index (χ3v) is 4.82. The molecule has 1 aromatic heterocycles. The van der Waals surface area contributed by atoms with Crippen molar-refractivity contribution in [1.82, 2.24) is 15.0 Å². The largest absolute Gasteiger partial charge is 0.379 e. The number of nitrogens with zero attached hydrogens (tertiary/aromatic N) is 3. The summed E-state index contributed by atoms with van der Waals surface area (Å²) in [7, 11) is -3.26. The molecule has 20 heavy (non-hydrogen) atoms. The SMILES string of the molecule is CC(c1nc(C(N)CN2CCOCC2)no1)S(C)(=O)=O. The maximum absolute atomic E-state index is 11.4. The lowest BCUT2D eigenvalue weighted by Gasteiger charge is -2.27. The summed E-state index contributed by atoms with van der Waals surface area (Å²) in [6.45, 7) is 5.12. The summed E-state index contributed by atoms with van der Waals surface area (Å²) in [6.07, 6.45) is 1.13. The monoisotopic (exact) mass is 304 g/mol. The minimum Gasteiger partial charge on any atom is -0.379 e. The summed E-state index contributed by atoms with van der Waals surface area (Å²) >= 11 is 0. The van der Waals surface area contributed by atoms with Crippen LogP contribution < -0.4 is 5.73 Å². The average molecular weight is 304 g/mol. The zero-order valence-corrected chi connectivity index (χ0v) is 12.5. The van der Waals surface area contributed by atoms with Gasteiger partial charge in [0.1, 0.15) is 5.25 Å². The van der Waals surface area contributed by atoms with Crippen LogP contribution in [-0.4, -0.2) is 62.6 Å². The van der Waals surface area contributed by atoms with Crippen molar-refractivity contribution in [2.45, 2.75) is 18.2 Å². The van der Waals surface area contributed by atoms with E-state index >= 15 is 0 Å². The number of ether oxygens (including phenoxy) is 1. The van der Waals surface area contributed by atoms with Crippen LogP contribution in [0.2, 0.25) is 0 Å². The first-order valence-electron chi connectivity index (χ1n) is 6.46. The summed E-state index contributed by atoms with van der Waals surface area (Å²) in [5.41, 5.74) is 6.03. The molecule has 1 saturated heterocycles. The molecule has 1 aromatic rings. The number of nitrogens with two attached hydrogens (primary N) is 1. The Kier molecular flexibility index (Phi) is 4.74. The molecule has 0 aromatic carbocycles. The molecule has 0 bridgehead atoms. The molecule has 0 radical (unpaired) electrons. The summed E-state index contributed by atoms with van der Waals surface area (Å²) in [4.78, 5) is 6.26. The van der Waals surface area contributed by atoms with Gasteiger partial charge in [0.25, 0.3) is 0 Å². The van der Waals surface area contributed by atoms with E-state index in [1.165, 1.54) is 6.92 Å². The van der Waals surface area contributed by atoms with E-state index in [-0.39, 0.29) is 5.89 Å². The Labute approximate surface area is 118 Å². The van der Waals surface area contributed by atoms with E-state index in [0.29, 0.717) is 25.6 Å². The molecule has 0 saturated carbocycles. The van der Waals surface area contributed by atoms with E-state index in [1.807, 2.05) is 0 Å². The number of rotatable bonds is 5. The number of morpholine rings is 1. The lowest BCUT2D eigenvalue weighted by atomic mass is 10.2. The van der Waals surface area contributed by atoms with Crippen LogP contribution in [0.15, 0.2) is 4.52 Å². The van der Waals surface area contributed by atoms with Gasteiger partial charge in [0.15, 0.2) is 15.7 Å². The molecule has 8 nitrogen and oxygen atoms in total. The lowest BCUT2D eigenvalue weighted by molar-refractivity contribution is 0.0348. The maximum atomic E-state index is 11.4. The highest BCUT2D eigenvalue weighted by Crippen LogP contribution is 2.20. The van der Waals surface area contributed by atoms with Crippen molar-refractivity contribution in [3.05, 3.63) is 11.7 Å². The summed E-state index contributed by atoms with van der Waals surface area (Å²) < 4.78 is 33.2. The molecule has 1 fully saturated rings. The van der Waals surface area contributed by atoms with Gasteiger partial charge in [-0.25, -0.2) is 8.42 Å². The van der Waals surface area contributed by atoms with E-state index in [1.54, 1.807) is 0 Å². The van der Waals surface area contributed by atoms with Crippen molar-refractivity contribution in [3.8, 4) is 0 Å². The first kappa shape index (κ1) is 15.4. The number of sulfone groups is 1. The van der Waals surface area contributed by atoms with Crippen LogP contribution in [0.3, 0.4) is 0 Å². The Balaban J connectivity index is 2.00. The van der Waals surface area contributed by atoms with Gasteiger partial charge in [0, 0.05) is 25.9 Å². The van der Waals surface area contributed by atoms with Crippen LogP contribution in [-0.2, 0) is 14.6 Å². The zero-order chi connectivity index (χ0) is 14.8. The van der Waals surface area contributed by atoms with E-state index in [2.05, 4.69) is 15.0 Å². The highest BCUT2D eigenvalue weighted by Gasteiger charge is 2.26. The number of hydrogen-bond donors (Lipinski definition) is 1. The minimum absolute atomic E-state index is 0.0833. The van der Waals surface area contributed by atoms with Crippen LogP contribution in [0.5, 0.6) is 0 Å². The first-order valence-corrected chi connectivity index (χ1v) is 8.41. The third kappa shape index (κ3) is 3.75. The second-order valence-electron chi connectivity index (χ2n) is 4.98. The Morgan fingerprint density at radius 1 is 1.40 bits per heavy atom. The van der Waals surface area contributed by atoms with Gasteiger partial charge in [0.05, 0.1) is 19.3 Å². The quantitative estimate of drug-likeness (QED) is 0.775. The zero-order valence-electron chi connectivity index (χ0n) is 11.7. The first-order chi connectivity index (χ1) is 9.38. The second kappa shape index (κ2) is 6.17. The highest BCUT2D eigenvalue weighted by molar-refractivity contribution is 7.90. The van der Waals surface area contributed by atoms with Crippen LogP contribution in [0.4, 0.5) is 0 Å². The normalized spacial score (nSPS) is 20.8. The molecule has 1 aliphatic rings. The Bertz CT molecular complexity index is 538. The molecule has 114 valence electrons. The molecule has 2 rings (SSSR count). The molecule has 0 amide bonds. The lowest BCUT2D eigenvalue weighted by Crippen LogP contribution is -2.40. The smallest absolute Gasteiger partial charge is 0.244 e. The minimum atomic E-state index is -3.26. The van der Waals surface area contributed by atoms with Crippen molar-refractivity contribution in [1.29, 1.82) is 0 Å². The van der Waals surface area contributed by atoms with Crippen molar-refractivity contribution < 1.29 is 17.7 Å². The molecule has 2 N–H and O–H groups in total. The molecule has 2 atom stereocenters. The van der Waals surface area contributed by atoms with Gasteiger partial charge in [-0.1, -0.05) is 5.16 Å². The van der Waals surface area contributed by atoms with Gasteiger partial charge >= 0.3 is 0 Å². The summed E-state index contributed by atoms with van der Waals surface area (Å²) in [6, 6.07) is -0.405. The van der Waals surface area contributed by atoms with Gasteiger partial charge in [-0.3, -0.25) is 4.90 Å². The van der Waals surface area contributed by atoms with Gasteiger partial charge in [-0.2, -0.15) is 4.98 Å². The van der Waals surface area contributed by atoms with E-state index < -0.39 is 21.1 Å². The van der Waals surface area contributed by atoms with Crippen molar-refractivity contribution >= 4 is 9.84 Å². The topological polar surface area (TPSA) is 112 Å². The van der Waals surface area contributed by atoms with E-state index in [0.717, 1.165) is 19.3 Å². The van der Waals surface area contributed by atoms with Gasteiger partial charge in [-0.05, 0) is 6.92 Å². The fraction of sp³-hybridized carbons (Fsp3) is 0.818. The van der Waals surface area contributed by atoms with E-state index in [4.69, 9.17) is 15.0 Å². The van der Waals surface area contributed by atoms with Crippen molar-refractivity contribution in [2.75, 3.05) is 39.1 Å². The Hall–Kier alpha value is -1.03. The fourth-order valence-corrected chi connectivity index (χ4v) is 2.35. The Morgan fingerprint density at radius 2 is 2.05 bits per heavy atom. The van der Waals surface area contributed by atoms with Crippen LogP contribution >= 0.6 is 0 Å². The average Bonchev–Trinajstić information content (AvgIpc) is 2.87. The molecule has 0 spiro atoms. The Morgan fingerprint density at radius 3 is 2.65 bits per heavy atom. The van der Waals surface area contributed by atoms with Crippen LogP contribution in [0, 0.1) is 0 Å². The summed E-state index contributed by atoms with van der Waals surface area (Å²) in [5.74, 6) is 0.418. The van der Waals surface area contributed by atoms with Gasteiger partial charge < -0.3 is 15.0 Å². The van der Waals surface area contributed by atoms with Crippen molar-refractivity contribution in [3.63, 3.8) is 0 Å².